The number of imide groups is 1. The molecule has 0 aromatic carbocycles. The topological polar surface area (TPSA) is 63.9 Å². The van der Waals surface area contributed by atoms with Crippen LogP contribution in [-0.4, -0.2) is 28.0 Å². The van der Waals surface area contributed by atoms with E-state index in [1.807, 2.05) is 18.3 Å². The van der Waals surface area contributed by atoms with Crippen molar-refractivity contribution in [2.75, 3.05) is 11.5 Å². The molecule has 0 fully saturated rings. The lowest BCUT2D eigenvalue weighted by Crippen LogP contribution is -2.36. The second kappa shape index (κ2) is 5.55. The lowest BCUT2D eigenvalue weighted by molar-refractivity contribution is -0.116. The van der Waals surface area contributed by atoms with Crippen LogP contribution in [0.3, 0.4) is 0 Å². The number of amides is 2. The van der Waals surface area contributed by atoms with Crippen molar-refractivity contribution in [3.8, 4) is 0 Å². The Morgan fingerprint density at radius 3 is 2.79 bits per heavy atom. The minimum atomic E-state index is -0.715. The maximum Gasteiger partial charge on any atom is 0.422 e. The summed E-state index contributed by atoms with van der Waals surface area (Å²) < 4.78 is 7.64. The molecular formula is C12H12IN3O3. The van der Waals surface area contributed by atoms with Crippen LogP contribution in [0.1, 0.15) is 13.8 Å². The van der Waals surface area contributed by atoms with Gasteiger partial charge in [-0.05, 0) is 41.6 Å². The number of ether oxygens (including phenoxy) is 1. The molecule has 6 nitrogen and oxygen atoms in total. The van der Waals surface area contributed by atoms with E-state index < -0.39 is 12.0 Å². The first kappa shape index (κ1) is 13.8. The van der Waals surface area contributed by atoms with E-state index in [9.17, 15) is 9.59 Å². The van der Waals surface area contributed by atoms with E-state index in [0.29, 0.717) is 5.65 Å². The van der Waals surface area contributed by atoms with E-state index >= 15 is 0 Å². The van der Waals surface area contributed by atoms with Gasteiger partial charge < -0.3 is 9.14 Å². The van der Waals surface area contributed by atoms with Crippen LogP contribution < -0.4 is 4.90 Å². The highest BCUT2D eigenvalue weighted by atomic mass is 127. The number of imidazole rings is 1. The Morgan fingerprint density at radius 1 is 1.42 bits per heavy atom. The van der Waals surface area contributed by atoms with Crippen LogP contribution in [0.4, 0.5) is 10.6 Å². The van der Waals surface area contributed by atoms with E-state index in [0.717, 1.165) is 8.47 Å². The summed E-state index contributed by atoms with van der Waals surface area (Å²) in [5.74, 6) is -0.176. The molecule has 0 bridgehead atoms. The van der Waals surface area contributed by atoms with Crippen LogP contribution in [0, 0.1) is 3.57 Å². The van der Waals surface area contributed by atoms with Gasteiger partial charge in [0.15, 0.2) is 5.82 Å². The molecule has 2 amide bonds. The highest BCUT2D eigenvalue weighted by molar-refractivity contribution is 14.1. The summed E-state index contributed by atoms with van der Waals surface area (Å²) in [4.78, 5) is 28.5. The van der Waals surface area contributed by atoms with Crippen LogP contribution in [0.25, 0.3) is 5.65 Å². The van der Waals surface area contributed by atoms with E-state index in [2.05, 4.69) is 27.6 Å². The average molecular weight is 373 g/mol. The zero-order valence-corrected chi connectivity index (χ0v) is 12.6. The fourth-order valence-corrected chi connectivity index (χ4v) is 2.11. The van der Waals surface area contributed by atoms with Gasteiger partial charge in [-0.2, -0.15) is 4.90 Å². The van der Waals surface area contributed by atoms with Crippen molar-refractivity contribution in [3.05, 3.63) is 28.1 Å². The highest BCUT2D eigenvalue weighted by Crippen LogP contribution is 2.17. The van der Waals surface area contributed by atoms with E-state index in [1.165, 1.54) is 6.92 Å². The number of nitrogens with zero attached hydrogens (tertiary/aromatic N) is 3. The van der Waals surface area contributed by atoms with Gasteiger partial charge in [0.05, 0.1) is 12.8 Å². The number of aromatic nitrogens is 2. The number of fused-ring (bicyclic) bond motifs is 1. The summed E-state index contributed by atoms with van der Waals surface area (Å²) in [5.41, 5.74) is 0.658. The van der Waals surface area contributed by atoms with Gasteiger partial charge >= 0.3 is 6.09 Å². The molecule has 0 radical (unpaired) electrons. The SMILES string of the molecule is CCOC(=O)N(C(C)=O)c1cn2cc(I)ccc2n1. The fourth-order valence-electron chi connectivity index (χ4n) is 1.63. The Bertz CT molecular complexity index is 638. The molecule has 0 aliphatic carbocycles. The largest absolute Gasteiger partial charge is 0.449 e. The van der Waals surface area contributed by atoms with Crippen LogP contribution in [0.5, 0.6) is 0 Å². The zero-order chi connectivity index (χ0) is 14.0. The summed E-state index contributed by atoms with van der Waals surface area (Å²) in [6.45, 7) is 3.18. The van der Waals surface area contributed by atoms with Crippen molar-refractivity contribution in [2.45, 2.75) is 13.8 Å². The van der Waals surface area contributed by atoms with Crippen molar-refractivity contribution in [3.63, 3.8) is 0 Å². The quantitative estimate of drug-likeness (QED) is 0.759. The molecule has 0 saturated carbocycles. The van der Waals surface area contributed by atoms with E-state index in [-0.39, 0.29) is 12.4 Å². The molecule has 2 aromatic rings. The number of halogens is 1. The minimum absolute atomic E-state index is 0.202. The Hall–Kier alpha value is -1.64. The number of carbonyl (C=O) groups excluding carboxylic acids is 2. The first-order chi connectivity index (χ1) is 9.02. The molecule has 2 aromatic heterocycles. The Balaban J connectivity index is 2.44. The summed E-state index contributed by atoms with van der Waals surface area (Å²) in [6.07, 6.45) is 2.76. The van der Waals surface area contributed by atoms with Gasteiger partial charge in [-0.25, -0.2) is 9.78 Å². The third-order valence-electron chi connectivity index (χ3n) is 2.40. The standard InChI is InChI=1S/C12H12IN3O3/c1-3-19-12(18)16(8(2)17)11-7-15-6-9(13)4-5-10(15)14-11/h4-7H,3H2,1-2H3. The van der Waals surface area contributed by atoms with Crippen LogP contribution in [-0.2, 0) is 9.53 Å². The zero-order valence-electron chi connectivity index (χ0n) is 10.5. The molecular weight excluding hydrogens is 361 g/mol. The second-order valence-electron chi connectivity index (χ2n) is 3.77. The first-order valence-corrected chi connectivity index (χ1v) is 6.72. The van der Waals surface area contributed by atoms with Gasteiger partial charge in [-0.1, -0.05) is 0 Å². The van der Waals surface area contributed by atoms with Gasteiger partial charge in [0.25, 0.3) is 0 Å². The molecule has 0 spiro atoms. The molecule has 0 atom stereocenters. The lowest BCUT2D eigenvalue weighted by atomic mass is 10.5. The Labute approximate surface area is 123 Å². The number of pyridine rings is 1. The molecule has 0 aliphatic rings. The maximum absolute atomic E-state index is 11.8. The summed E-state index contributed by atoms with van der Waals surface area (Å²) >= 11 is 2.17. The van der Waals surface area contributed by atoms with E-state index in [1.54, 1.807) is 17.5 Å². The number of anilines is 1. The van der Waals surface area contributed by atoms with E-state index in [4.69, 9.17) is 4.74 Å². The average Bonchev–Trinajstić information content (AvgIpc) is 2.71. The lowest BCUT2D eigenvalue weighted by Gasteiger charge is -2.14. The number of carbonyl (C=O) groups is 2. The van der Waals surface area contributed by atoms with Gasteiger partial charge in [-0.15, -0.1) is 0 Å². The number of hydrogen-bond donors (Lipinski definition) is 0. The Kier molecular flexibility index (Phi) is 4.03. The third-order valence-corrected chi connectivity index (χ3v) is 3.03. The predicted octanol–water partition coefficient (Wildman–Crippen LogP) is 2.45. The van der Waals surface area contributed by atoms with Gasteiger partial charge in [0, 0.05) is 16.7 Å². The fraction of sp³-hybridized carbons (Fsp3) is 0.250. The van der Waals surface area contributed by atoms with Crippen LogP contribution in [0.2, 0.25) is 0 Å². The number of rotatable bonds is 2. The van der Waals surface area contributed by atoms with Crippen molar-refractivity contribution in [1.29, 1.82) is 0 Å². The molecule has 0 saturated heterocycles. The minimum Gasteiger partial charge on any atom is -0.449 e. The molecule has 19 heavy (non-hydrogen) atoms. The smallest absolute Gasteiger partial charge is 0.422 e. The Morgan fingerprint density at radius 2 is 2.16 bits per heavy atom. The predicted molar refractivity (Wildman–Crippen MR) is 78.1 cm³/mol. The molecule has 2 rings (SSSR count). The second-order valence-corrected chi connectivity index (χ2v) is 5.01. The molecule has 0 aliphatic heterocycles. The monoisotopic (exact) mass is 373 g/mol. The van der Waals surface area contributed by atoms with Gasteiger partial charge in [0.1, 0.15) is 5.65 Å². The van der Waals surface area contributed by atoms with Gasteiger partial charge in [0.2, 0.25) is 5.91 Å². The molecule has 2 heterocycles. The number of hydrogen-bond acceptors (Lipinski definition) is 4. The third kappa shape index (κ3) is 2.86. The summed E-state index contributed by atoms with van der Waals surface area (Å²) in [7, 11) is 0. The molecule has 0 N–H and O–H groups in total. The summed E-state index contributed by atoms with van der Waals surface area (Å²) in [5, 5.41) is 0. The normalized spacial score (nSPS) is 10.5. The molecule has 0 unspecified atom stereocenters. The maximum atomic E-state index is 11.8. The molecule has 100 valence electrons. The van der Waals surface area contributed by atoms with Crippen LogP contribution in [0.15, 0.2) is 24.5 Å². The van der Waals surface area contributed by atoms with Crippen LogP contribution >= 0.6 is 22.6 Å². The van der Waals surface area contributed by atoms with Crippen molar-refractivity contribution < 1.29 is 14.3 Å². The van der Waals surface area contributed by atoms with Crippen molar-refractivity contribution >= 4 is 46.1 Å². The molecule has 7 heteroatoms. The van der Waals surface area contributed by atoms with Crippen molar-refractivity contribution in [1.82, 2.24) is 9.38 Å². The first-order valence-electron chi connectivity index (χ1n) is 5.64. The van der Waals surface area contributed by atoms with Gasteiger partial charge in [-0.3, -0.25) is 4.79 Å². The highest BCUT2D eigenvalue weighted by Gasteiger charge is 2.24. The van der Waals surface area contributed by atoms with Crippen molar-refractivity contribution in [2.24, 2.45) is 0 Å². The summed E-state index contributed by atoms with van der Waals surface area (Å²) in [6, 6.07) is 3.71.